The highest BCUT2D eigenvalue weighted by atomic mass is 16.5. The Labute approximate surface area is 127 Å². The van der Waals surface area contributed by atoms with Gasteiger partial charge in [-0.2, -0.15) is 5.26 Å². The third kappa shape index (κ3) is 4.45. The van der Waals surface area contributed by atoms with E-state index in [4.69, 9.17) is 4.74 Å². The number of methoxy groups -OCH3 is 1. The number of hydrogen-bond donors (Lipinski definition) is 0. The molecule has 1 aliphatic heterocycles. The van der Waals surface area contributed by atoms with Crippen LogP contribution in [0, 0.1) is 11.3 Å². The highest BCUT2D eigenvalue weighted by molar-refractivity contribution is 5.28. The molecule has 0 spiro atoms. The van der Waals surface area contributed by atoms with E-state index in [1.165, 1.54) is 5.56 Å². The first-order valence-electron chi connectivity index (χ1n) is 7.75. The summed E-state index contributed by atoms with van der Waals surface area (Å²) in [6.45, 7) is 7.13. The van der Waals surface area contributed by atoms with Crippen molar-refractivity contribution in [1.29, 1.82) is 5.26 Å². The highest BCUT2D eigenvalue weighted by Gasteiger charge is 2.22. The molecule has 1 unspecified atom stereocenters. The summed E-state index contributed by atoms with van der Waals surface area (Å²) in [5.41, 5.74) is 1.29. The summed E-state index contributed by atoms with van der Waals surface area (Å²) in [6, 6.07) is 10.8. The number of benzene rings is 1. The zero-order valence-electron chi connectivity index (χ0n) is 13.1. The fraction of sp³-hybridized carbons (Fsp3) is 0.588. The van der Waals surface area contributed by atoms with Crippen LogP contribution >= 0.6 is 0 Å². The SMILES string of the molecule is CCCC(C#N)N1CCN(Cc2cccc(OC)c2)CC1. The molecule has 2 rings (SSSR count). The van der Waals surface area contributed by atoms with Gasteiger partial charge in [-0.15, -0.1) is 0 Å². The van der Waals surface area contributed by atoms with E-state index >= 15 is 0 Å². The van der Waals surface area contributed by atoms with E-state index in [0.717, 1.165) is 51.3 Å². The molecule has 1 aliphatic rings. The van der Waals surface area contributed by atoms with Crippen LogP contribution in [0.3, 0.4) is 0 Å². The standard InChI is InChI=1S/C17H25N3O/c1-3-5-16(13-18)20-10-8-19(9-11-20)14-15-6-4-7-17(12-15)21-2/h4,6-7,12,16H,3,5,8-11,14H2,1-2H3. The molecule has 114 valence electrons. The van der Waals surface area contributed by atoms with E-state index < -0.39 is 0 Å². The average molecular weight is 287 g/mol. The first kappa shape index (κ1) is 15.8. The zero-order valence-corrected chi connectivity index (χ0v) is 13.1. The molecule has 0 radical (unpaired) electrons. The van der Waals surface area contributed by atoms with Crippen molar-refractivity contribution >= 4 is 0 Å². The Morgan fingerprint density at radius 2 is 2.05 bits per heavy atom. The van der Waals surface area contributed by atoms with Gasteiger partial charge in [-0.05, 0) is 24.1 Å². The molecule has 0 bridgehead atoms. The molecular weight excluding hydrogens is 262 g/mol. The van der Waals surface area contributed by atoms with Crippen molar-refractivity contribution in [1.82, 2.24) is 9.80 Å². The molecule has 1 aromatic carbocycles. The molecule has 0 N–H and O–H groups in total. The van der Waals surface area contributed by atoms with E-state index in [1.54, 1.807) is 7.11 Å². The maximum absolute atomic E-state index is 9.25. The number of piperazine rings is 1. The molecule has 0 amide bonds. The van der Waals surface area contributed by atoms with Crippen molar-refractivity contribution in [2.45, 2.75) is 32.4 Å². The van der Waals surface area contributed by atoms with E-state index in [1.807, 2.05) is 12.1 Å². The minimum atomic E-state index is 0.0916. The molecule has 1 fully saturated rings. The molecule has 0 saturated carbocycles. The fourth-order valence-corrected chi connectivity index (χ4v) is 2.86. The normalized spacial score (nSPS) is 18.1. The first-order chi connectivity index (χ1) is 10.3. The largest absolute Gasteiger partial charge is 0.497 e. The van der Waals surface area contributed by atoms with Gasteiger partial charge in [-0.3, -0.25) is 9.80 Å². The number of nitriles is 1. The maximum atomic E-state index is 9.25. The number of hydrogen-bond acceptors (Lipinski definition) is 4. The first-order valence-corrected chi connectivity index (χ1v) is 7.75. The lowest BCUT2D eigenvalue weighted by Crippen LogP contribution is -2.49. The molecule has 1 heterocycles. The lowest BCUT2D eigenvalue weighted by Gasteiger charge is -2.36. The summed E-state index contributed by atoms with van der Waals surface area (Å²) in [7, 11) is 1.70. The van der Waals surface area contributed by atoms with Gasteiger partial charge in [0.2, 0.25) is 0 Å². The van der Waals surface area contributed by atoms with Gasteiger partial charge < -0.3 is 4.74 Å². The van der Waals surface area contributed by atoms with Gasteiger partial charge >= 0.3 is 0 Å². The van der Waals surface area contributed by atoms with Gasteiger partial charge in [0.15, 0.2) is 0 Å². The monoisotopic (exact) mass is 287 g/mol. The van der Waals surface area contributed by atoms with Crippen LogP contribution in [-0.2, 0) is 6.54 Å². The second-order valence-corrected chi connectivity index (χ2v) is 5.60. The highest BCUT2D eigenvalue weighted by Crippen LogP contribution is 2.16. The number of ether oxygens (including phenoxy) is 1. The molecule has 4 nitrogen and oxygen atoms in total. The predicted molar refractivity (Wildman–Crippen MR) is 84.2 cm³/mol. The van der Waals surface area contributed by atoms with E-state index in [0.29, 0.717) is 0 Å². The van der Waals surface area contributed by atoms with Crippen LogP contribution in [0.2, 0.25) is 0 Å². The minimum absolute atomic E-state index is 0.0916. The quantitative estimate of drug-likeness (QED) is 0.806. The Hall–Kier alpha value is -1.57. The Kier molecular flexibility index (Phi) is 6.04. The summed E-state index contributed by atoms with van der Waals surface area (Å²) in [5.74, 6) is 0.915. The summed E-state index contributed by atoms with van der Waals surface area (Å²) < 4.78 is 5.27. The maximum Gasteiger partial charge on any atom is 0.119 e. The smallest absolute Gasteiger partial charge is 0.119 e. The van der Waals surface area contributed by atoms with Crippen molar-refractivity contribution in [3.63, 3.8) is 0 Å². The van der Waals surface area contributed by atoms with Crippen LogP contribution in [0.5, 0.6) is 5.75 Å². The average Bonchev–Trinajstić information content (AvgIpc) is 2.54. The van der Waals surface area contributed by atoms with E-state index in [2.05, 4.69) is 34.9 Å². The molecule has 0 aromatic heterocycles. The van der Waals surface area contributed by atoms with Gasteiger partial charge in [0.1, 0.15) is 5.75 Å². The Balaban J connectivity index is 1.85. The Morgan fingerprint density at radius 1 is 1.29 bits per heavy atom. The third-order valence-electron chi connectivity index (χ3n) is 4.10. The summed E-state index contributed by atoms with van der Waals surface area (Å²) in [6.07, 6.45) is 2.05. The van der Waals surface area contributed by atoms with Gasteiger partial charge in [-0.1, -0.05) is 25.5 Å². The van der Waals surface area contributed by atoms with E-state index in [9.17, 15) is 5.26 Å². The van der Waals surface area contributed by atoms with Gasteiger partial charge in [0.05, 0.1) is 19.2 Å². The van der Waals surface area contributed by atoms with Gasteiger partial charge in [0.25, 0.3) is 0 Å². The summed E-state index contributed by atoms with van der Waals surface area (Å²) in [5, 5.41) is 9.25. The second-order valence-electron chi connectivity index (χ2n) is 5.60. The molecule has 1 aromatic rings. The molecule has 0 aliphatic carbocycles. The number of nitrogens with zero attached hydrogens (tertiary/aromatic N) is 3. The fourth-order valence-electron chi connectivity index (χ4n) is 2.86. The number of rotatable bonds is 6. The second kappa shape index (κ2) is 8.02. The molecule has 1 saturated heterocycles. The van der Waals surface area contributed by atoms with Crippen LogP contribution in [-0.4, -0.2) is 49.1 Å². The van der Waals surface area contributed by atoms with Gasteiger partial charge in [-0.25, -0.2) is 0 Å². The lowest BCUT2D eigenvalue weighted by atomic mass is 10.1. The van der Waals surface area contributed by atoms with Crippen molar-refractivity contribution in [3.8, 4) is 11.8 Å². The lowest BCUT2D eigenvalue weighted by molar-refractivity contribution is 0.106. The van der Waals surface area contributed by atoms with Crippen LogP contribution in [0.25, 0.3) is 0 Å². The minimum Gasteiger partial charge on any atom is -0.497 e. The van der Waals surface area contributed by atoms with Crippen LogP contribution in [0.15, 0.2) is 24.3 Å². The van der Waals surface area contributed by atoms with Crippen molar-refractivity contribution in [2.24, 2.45) is 0 Å². The predicted octanol–water partition coefficient (Wildman–Crippen LogP) is 2.51. The van der Waals surface area contributed by atoms with Crippen molar-refractivity contribution in [2.75, 3.05) is 33.3 Å². The van der Waals surface area contributed by atoms with Crippen LogP contribution < -0.4 is 4.74 Å². The molecule has 1 atom stereocenters. The van der Waals surface area contributed by atoms with E-state index in [-0.39, 0.29) is 6.04 Å². The van der Waals surface area contributed by atoms with Crippen molar-refractivity contribution < 1.29 is 4.74 Å². The van der Waals surface area contributed by atoms with Crippen LogP contribution in [0.1, 0.15) is 25.3 Å². The topological polar surface area (TPSA) is 39.5 Å². The van der Waals surface area contributed by atoms with Gasteiger partial charge in [0, 0.05) is 32.7 Å². The third-order valence-corrected chi connectivity index (χ3v) is 4.10. The van der Waals surface area contributed by atoms with Crippen molar-refractivity contribution in [3.05, 3.63) is 29.8 Å². The molecule has 4 heteroatoms. The summed E-state index contributed by atoms with van der Waals surface area (Å²) in [4.78, 5) is 4.78. The Morgan fingerprint density at radius 3 is 2.67 bits per heavy atom. The zero-order chi connectivity index (χ0) is 15.1. The molecular formula is C17H25N3O. The van der Waals surface area contributed by atoms with Crippen LogP contribution in [0.4, 0.5) is 0 Å². The molecule has 21 heavy (non-hydrogen) atoms. The Bertz CT molecular complexity index is 475. The summed E-state index contributed by atoms with van der Waals surface area (Å²) >= 11 is 0.